The van der Waals surface area contributed by atoms with Gasteiger partial charge in [0.2, 0.25) is 21.8 Å². The van der Waals surface area contributed by atoms with Crippen LogP contribution in [0.1, 0.15) is 85.0 Å². The number of fused-ring (bicyclic) bond motifs is 5. The number of oxime groups is 1. The minimum atomic E-state index is -3.89. The molecule has 14 nitrogen and oxygen atoms in total. The average molecular weight is 766 g/mol. The molecule has 0 radical (unpaired) electrons. The zero-order valence-electron chi connectivity index (χ0n) is 30.4. The molecule has 55 heavy (non-hydrogen) atoms. The molecule has 2 aromatic carbocycles. The number of nitrogens with one attached hydrogen (secondary N) is 3. The van der Waals surface area contributed by atoms with Gasteiger partial charge in [0.1, 0.15) is 35.8 Å². The highest BCUT2D eigenvalue weighted by Gasteiger charge is 2.62. The van der Waals surface area contributed by atoms with Crippen molar-refractivity contribution in [1.29, 1.82) is 0 Å². The zero-order chi connectivity index (χ0) is 38.3. The number of sulfonamides is 1. The lowest BCUT2D eigenvalue weighted by Crippen LogP contribution is -2.58. The first-order valence-corrected chi connectivity index (χ1v) is 20.5. The number of benzene rings is 2. The molecule has 3 heterocycles. The Kier molecular flexibility index (Phi) is 9.74. The molecule has 3 fully saturated rings. The lowest BCUT2D eigenvalue weighted by atomic mass is 10.0. The van der Waals surface area contributed by atoms with Crippen molar-refractivity contribution in [3.63, 3.8) is 0 Å². The van der Waals surface area contributed by atoms with E-state index >= 15 is 0 Å². The van der Waals surface area contributed by atoms with Gasteiger partial charge in [0.25, 0.3) is 11.8 Å². The Morgan fingerprint density at radius 3 is 2.38 bits per heavy atom. The minimum absolute atomic E-state index is 0.0184. The second-order valence-electron chi connectivity index (χ2n) is 15.1. The summed E-state index contributed by atoms with van der Waals surface area (Å²) >= 11 is 0. The molecule has 5 atom stereocenters. The molecular weight excluding hydrogens is 723 g/mol. The van der Waals surface area contributed by atoms with Crippen molar-refractivity contribution in [3.8, 4) is 11.1 Å². The number of amides is 4. The molecule has 0 spiro atoms. The monoisotopic (exact) mass is 765 g/mol. The molecule has 1 aromatic heterocycles. The van der Waals surface area contributed by atoms with Gasteiger partial charge in [-0.25, -0.2) is 18.4 Å². The summed E-state index contributed by atoms with van der Waals surface area (Å²) in [6, 6.07) is 13.6. The fourth-order valence-corrected chi connectivity index (χ4v) is 9.27. The van der Waals surface area contributed by atoms with Crippen LogP contribution in [0.15, 0.2) is 78.4 Å². The molecule has 3 aromatic rings. The largest absolute Gasteiger partial charge is 0.390 e. The van der Waals surface area contributed by atoms with Crippen molar-refractivity contribution in [2.45, 2.75) is 93.7 Å². The average Bonchev–Trinajstić information content (AvgIpc) is 4.08. The fourth-order valence-electron chi connectivity index (χ4n) is 7.91. The summed E-state index contributed by atoms with van der Waals surface area (Å²) in [4.78, 5) is 72.0. The van der Waals surface area contributed by atoms with Crippen LogP contribution < -0.4 is 15.4 Å². The topological polar surface area (TPSA) is 189 Å². The first-order valence-electron chi connectivity index (χ1n) is 18.9. The Hall–Kier alpha value is -5.44. The summed E-state index contributed by atoms with van der Waals surface area (Å²) in [5.74, 6) is -2.82. The molecule has 2 unspecified atom stereocenters. The number of carbonyl (C=O) groups is 4. The molecule has 2 aliphatic heterocycles. The zero-order valence-corrected chi connectivity index (χ0v) is 31.3. The molecule has 2 saturated carbocycles. The number of hydrogen-bond acceptors (Lipinski definition) is 10. The van der Waals surface area contributed by atoms with E-state index in [4.69, 9.17) is 4.84 Å². The number of aryl methyl sites for hydroxylation is 1. The number of hydrogen-bond donors (Lipinski definition) is 3. The molecule has 5 aliphatic rings. The van der Waals surface area contributed by atoms with E-state index in [1.54, 1.807) is 6.92 Å². The summed E-state index contributed by atoms with van der Waals surface area (Å²) in [5, 5.41) is 9.76. The van der Waals surface area contributed by atoms with E-state index < -0.39 is 68.5 Å². The molecular formula is C40H43N7O7S. The summed E-state index contributed by atoms with van der Waals surface area (Å²) in [5.41, 5.74) is 3.66. The van der Waals surface area contributed by atoms with Crippen LogP contribution in [-0.2, 0) is 29.2 Å². The van der Waals surface area contributed by atoms with Crippen molar-refractivity contribution < 1.29 is 32.4 Å². The highest BCUT2D eigenvalue weighted by atomic mass is 32.2. The third-order valence-electron chi connectivity index (χ3n) is 11.3. The highest BCUT2D eigenvalue weighted by Crippen LogP contribution is 2.46. The summed E-state index contributed by atoms with van der Waals surface area (Å²) in [6.07, 6.45) is 10.2. The van der Waals surface area contributed by atoms with Crippen molar-refractivity contribution in [1.82, 2.24) is 30.2 Å². The summed E-state index contributed by atoms with van der Waals surface area (Å²) in [7, 11) is -3.89. The van der Waals surface area contributed by atoms with Crippen LogP contribution in [-0.4, -0.2) is 88.1 Å². The van der Waals surface area contributed by atoms with Crippen LogP contribution in [0.2, 0.25) is 0 Å². The Morgan fingerprint density at radius 1 is 0.982 bits per heavy atom. The van der Waals surface area contributed by atoms with Crippen molar-refractivity contribution in [2.75, 3.05) is 6.54 Å². The third-order valence-corrected chi connectivity index (χ3v) is 13.1. The van der Waals surface area contributed by atoms with Gasteiger partial charge in [-0.3, -0.25) is 23.9 Å². The fraction of sp³-hybridized carbons (Fsp3) is 0.425. The quantitative estimate of drug-likeness (QED) is 0.187. The van der Waals surface area contributed by atoms with E-state index in [0.29, 0.717) is 43.5 Å². The summed E-state index contributed by atoms with van der Waals surface area (Å²) < 4.78 is 27.9. The number of aromatic nitrogens is 2. The van der Waals surface area contributed by atoms with Crippen LogP contribution in [0.4, 0.5) is 0 Å². The highest BCUT2D eigenvalue weighted by molar-refractivity contribution is 7.91. The number of rotatable bonds is 7. The molecule has 15 heteroatoms. The summed E-state index contributed by atoms with van der Waals surface area (Å²) in [6.45, 7) is 1.66. The van der Waals surface area contributed by atoms with Crippen LogP contribution in [0.3, 0.4) is 0 Å². The minimum Gasteiger partial charge on any atom is -0.390 e. The van der Waals surface area contributed by atoms with Crippen molar-refractivity contribution in [2.24, 2.45) is 11.1 Å². The van der Waals surface area contributed by atoms with Crippen LogP contribution in [0, 0.1) is 12.8 Å². The Balaban J connectivity index is 1.10. The third kappa shape index (κ3) is 7.24. The van der Waals surface area contributed by atoms with Gasteiger partial charge in [0.15, 0.2) is 0 Å². The van der Waals surface area contributed by atoms with E-state index in [1.165, 1.54) is 17.4 Å². The second kappa shape index (κ2) is 14.7. The number of nitrogens with zero attached hydrogens (tertiary/aromatic N) is 4. The maximum absolute atomic E-state index is 14.6. The van der Waals surface area contributed by atoms with E-state index in [2.05, 4.69) is 30.5 Å². The lowest BCUT2D eigenvalue weighted by Gasteiger charge is -2.30. The SMILES string of the molecule is Cc1ncncc1C(=O)N[C@H]1CCCCC/C=C\C2CC2(C(=O)NS(=O)(=O)C2CC2)NC(=O)[C@@H]2C[C@@H](ON=C3c4ccccc4-c4ccccc43)CN2C1=O. The first kappa shape index (κ1) is 36.5. The second-order valence-corrected chi connectivity index (χ2v) is 17.0. The molecule has 3 aliphatic carbocycles. The van der Waals surface area contributed by atoms with Gasteiger partial charge in [0.05, 0.1) is 23.1 Å². The van der Waals surface area contributed by atoms with Crippen molar-refractivity contribution in [3.05, 3.63) is 95.6 Å². The number of allylic oxidation sites excluding steroid dienone is 1. The molecule has 8 rings (SSSR count). The van der Waals surface area contributed by atoms with E-state index in [1.807, 2.05) is 60.7 Å². The maximum atomic E-state index is 14.6. The van der Waals surface area contributed by atoms with E-state index in [9.17, 15) is 27.6 Å². The maximum Gasteiger partial charge on any atom is 0.259 e. The Morgan fingerprint density at radius 2 is 1.69 bits per heavy atom. The lowest BCUT2D eigenvalue weighted by molar-refractivity contribution is -0.141. The van der Waals surface area contributed by atoms with Crippen LogP contribution in [0.5, 0.6) is 0 Å². The van der Waals surface area contributed by atoms with E-state index in [-0.39, 0.29) is 24.9 Å². The van der Waals surface area contributed by atoms with Gasteiger partial charge in [-0.2, -0.15) is 0 Å². The van der Waals surface area contributed by atoms with Crippen LogP contribution in [0.25, 0.3) is 11.1 Å². The molecule has 286 valence electrons. The van der Waals surface area contributed by atoms with Crippen LogP contribution >= 0.6 is 0 Å². The standard InChI is InChI=1S/C40H43N7O7S/c1-24-32(21-41-23-42-24)36(48)43-33-16-6-4-2-3-5-11-25-20-40(25,39(51)46-55(52,53)27-17-18-27)44-37(49)34-19-26(22-47(34)38(33)50)54-45-35-30-14-9-7-12-28(30)29-13-8-10-15-31(29)35/h5,7-15,21,23,25-27,33-34H,2-4,6,16-20,22H2,1H3,(H,43,48)(H,44,49)(H,46,51)/b11-5-/t25?,26-,33+,34+,40?/m1/s1. The molecule has 4 amide bonds. The number of carbonyl (C=O) groups excluding carboxylic acids is 4. The first-order chi connectivity index (χ1) is 26.6. The predicted octanol–water partition coefficient (Wildman–Crippen LogP) is 3.31. The van der Waals surface area contributed by atoms with Gasteiger partial charge >= 0.3 is 0 Å². The normalized spacial score (nSPS) is 26.9. The van der Waals surface area contributed by atoms with Gasteiger partial charge in [-0.1, -0.05) is 78.7 Å². The van der Waals surface area contributed by atoms with Gasteiger partial charge in [-0.05, 0) is 56.6 Å². The Bertz CT molecular complexity index is 2170. The molecule has 3 N–H and O–H groups in total. The Labute approximate surface area is 319 Å². The van der Waals surface area contributed by atoms with E-state index in [0.717, 1.165) is 35.1 Å². The van der Waals surface area contributed by atoms with Gasteiger partial charge in [0, 0.05) is 29.7 Å². The molecule has 0 bridgehead atoms. The predicted molar refractivity (Wildman–Crippen MR) is 202 cm³/mol. The van der Waals surface area contributed by atoms with Gasteiger partial charge < -0.3 is 20.4 Å². The van der Waals surface area contributed by atoms with Crippen molar-refractivity contribution >= 4 is 39.4 Å². The van der Waals surface area contributed by atoms with Gasteiger partial charge in [-0.15, -0.1) is 0 Å². The molecule has 1 saturated heterocycles. The smallest absolute Gasteiger partial charge is 0.259 e.